The first-order valence-electron chi connectivity index (χ1n) is 12.1. The molecular weight excluding hydrogens is 480 g/mol. The molecule has 0 radical (unpaired) electrons. The maximum absolute atomic E-state index is 13.3. The van der Waals surface area contributed by atoms with Crippen molar-refractivity contribution in [2.24, 2.45) is 0 Å². The highest BCUT2D eigenvalue weighted by molar-refractivity contribution is 7.90. The SMILES string of the molecule is Cc1ccc(CNC(=O)c2ccc3n(c2=O)CCN(CC2(S(=O)(=O)N(C)C(C)(C)C)CC2)C3=O)cc1. The Balaban J connectivity index is 1.49. The standard InChI is InChI=1S/C26H34N4O5S/c1-18-6-8-19(9-7-18)16-27-22(31)20-10-11-21-24(33)29(14-15-30(21)23(20)32)17-26(12-13-26)36(34,35)28(5)25(2,3)4/h6-11H,12-17H2,1-5H3,(H,27,31). The van der Waals surface area contributed by atoms with E-state index in [1.54, 1.807) is 7.05 Å². The van der Waals surface area contributed by atoms with Gasteiger partial charge in [-0.1, -0.05) is 29.8 Å². The fraction of sp³-hybridized carbons (Fsp3) is 0.500. The lowest BCUT2D eigenvalue weighted by Crippen LogP contribution is -2.54. The molecule has 0 saturated heterocycles. The molecule has 1 aromatic carbocycles. The average Bonchev–Trinajstić information content (AvgIpc) is 3.61. The van der Waals surface area contributed by atoms with E-state index in [0.29, 0.717) is 12.8 Å². The van der Waals surface area contributed by atoms with Crippen LogP contribution in [0.15, 0.2) is 41.2 Å². The summed E-state index contributed by atoms with van der Waals surface area (Å²) in [5.74, 6) is -0.899. The van der Waals surface area contributed by atoms with Crippen molar-refractivity contribution in [1.82, 2.24) is 19.1 Å². The number of sulfonamides is 1. The molecule has 1 aliphatic heterocycles. The first kappa shape index (κ1) is 26.1. The number of hydrogen-bond acceptors (Lipinski definition) is 5. The number of carbonyl (C=O) groups excluding carboxylic acids is 2. The molecule has 2 aliphatic rings. The molecule has 1 fully saturated rings. The average molecular weight is 515 g/mol. The molecule has 1 saturated carbocycles. The molecule has 0 bridgehead atoms. The van der Waals surface area contributed by atoms with E-state index in [-0.39, 0.29) is 37.4 Å². The van der Waals surface area contributed by atoms with Gasteiger partial charge in [0, 0.05) is 38.8 Å². The highest BCUT2D eigenvalue weighted by atomic mass is 32.2. The van der Waals surface area contributed by atoms with Crippen LogP contribution in [0, 0.1) is 6.92 Å². The molecule has 2 heterocycles. The molecule has 10 heteroatoms. The highest BCUT2D eigenvalue weighted by Gasteiger charge is 2.59. The van der Waals surface area contributed by atoms with E-state index < -0.39 is 37.7 Å². The molecule has 1 aromatic heterocycles. The van der Waals surface area contributed by atoms with Crippen LogP contribution in [0.2, 0.25) is 0 Å². The van der Waals surface area contributed by atoms with Gasteiger partial charge in [-0.15, -0.1) is 0 Å². The molecule has 194 valence electrons. The monoisotopic (exact) mass is 514 g/mol. The summed E-state index contributed by atoms with van der Waals surface area (Å²) in [7, 11) is -2.05. The number of carbonyl (C=O) groups is 2. The van der Waals surface area contributed by atoms with Crippen molar-refractivity contribution in [3.8, 4) is 0 Å². The lowest BCUT2D eigenvalue weighted by Gasteiger charge is -2.37. The molecule has 4 rings (SSSR count). The van der Waals surface area contributed by atoms with Crippen LogP contribution in [-0.4, -0.2) is 64.4 Å². The zero-order chi connectivity index (χ0) is 26.5. The maximum atomic E-state index is 13.3. The van der Waals surface area contributed by atoms with Crippen LogP contribution in [0.1, 0.15) is 65.6 Å². The number of aryl methyl sites for hydroxylation is 1. The van der Waals surface area contributed by atoms with Gasteiger partial charge < -0.3 is 14.8 Å². The van der Waals surface area contributed by atoms with Gasteiger partial charge in [0.25, 0.3) is 17.4 Å². The number of nitrogens with one attached hydrogen (secondary N) is 1. The van der Waals surface area contributed by atoms with Gasteiger partial charge in [0.2, 0.25) is 10.0 Å². The van der Waals surface area contributed by atoms with E-state index in [9.17, 15) is 22.8 Å². The second-order valence-electron chi connectivity index (χ2n) is 10.8. The Labute approximate surface area is 212 Å². The molecular formula is C26H34N4O5S. The Kier molecular flexibility index (Phi) is 6.63. The largest absolute Gasteiger partial charge is 0.348 e. The predicted molar refractivity (Wildman–Crippen MR) is 137 cm³/mol. The van der Waals surface area contributed by atoms with Crippen molar-refractivity contribution in [1.29, 1.82) is 0 Å². The summed E-state index contributed by atoms with van der Waals surface area (Å²) < 4.78 is 28.4. The van der Waals surface area contributed by atoms with Crippen molar-refractivity contribution in [3.05, 3.63) is 69.1 Å². The molecule has 0 spiro atoms. The van der Waals surface area contributed by atoms with E-state index in [4.69, 9.17) is 0 Å². The van der Waals surface area contributed by atoms with Gasteiger partial charge in [-0.25, -0.2) is 8.42 Å². The van der Waals surface area contributed by atoms with Crippen LogP contribution < -0.4 is 10.9 Å². The lowest BCUT2D eigenvalue weighted by molar-refractivity contribution is 0.0693. The molecule has 36 heavy (non-hydrogen) atoms. The van der Waals surface area contributed by atoms with Crippen molar-refractivity contribution in [2.45, 2.75) is 63.9 Å². The summed E-state index contributed by atoms with van der Waals surface area (Å²) in [4.78, 5) is 40.5. The normalized spacial score (nSPS) is 17.2. The van der Waals surface area contributed by atoms with Gasteiger partial charge in [-0.3, -0.25) is 14.4 Å². The van der Waals surface area contributed by atoms with Crippen LogP contribution >= 0.6 is 0 Å². The minimum absolute atomic E-state index is 0.0276. The van der Waals surface area contributed by atoms with Crippen LogP contribution in [0.4, 0.5) is 0 Å². The summed E-state index contributed by atoms with van der Waals surface area (Å²) in [6.45, 7) is 8.26. The number of benzene rings is 1. The fourth-order valence-corrected chi connectivity index (χ4v) is 6.65. The Morgan fingerprint density at radius 3 is 2.28 bits per heavy atom. The number of nitrogens with zero attached hydrogens (tertiary/aromatic N) is 3. The molecule has 1 aliphatic carbocycles. The zero-order valence-electron chi connectivity index (χ0n) is 21.5. The van der Waals surface area contributed by atoms with Gasteiger partial charge >= 0.3 is 0 Å². The molecule has 1 N–H and O–H groups in total. The predicted octanol–water partition coefficient (Wildman–Crippen LogP) is 2.14. The third-order valence-corrected chi connectivity index (χ3v) is 10.1. The fourth-order valence-electron chi connectivity index (χ4n) is 4.41. The third-order valence-electron chi connectivity index (χ3n) is 7.23. The minimum Gasteiger partial charge on any atom is -0.348 e. The third kappa shape index (κ3) is 4.71. The Morgan fingerprint density at radius 2 is 1.69 bits per heavy atom. The molecule has 9 nitrogen and oxygen atoms in total. The molecule has 2 amide bonds. The number of hydrogen-bond donors (Lipinski definition) is 1. The number of aromatic nitrogens is 1. The number of pyridine rings is 1. The van der Waals surface area contributed by atoms with Crippen LogP contribution in [0.25, 0.3) is 0 Å². The van der Waals surface area contributed by atoms with Crippen LogP contribution in [0.5, 0.6) is 0 Å². The van der Waals surface area contributed by atoms with E-state index in [0.717, 1.165) is 11.1 Å². The van der Waals surface area contributed by atoms with Gasteiger partial charge in [0.1, 0.15) is 16.0 Å². The summed E-state index contributed by atoms with van der Waals surface area (Å²) in [6.07, 6.45) is 0.985. The quantitative estimate of drug-likeness (QED) is 0.609. The highest BCUT2D eigenvalue weighted by Crippen LogP contribution is 2.47. The van der Waals surface area contributed by atoms with Crippen LogP contribution in [0.3, 0.4) is 0 Å². The topological polar surface area (TPSA) is 109 Å². The first-order valence-corrected chi connectivity index (χ1v) is 13.6. The zero-order valence-corrected chi connectivity index (χ0v) is 22.3. The Morgan fingerprint density at radius 1 is 1.06 bits per heavy atom. The van der Waals surface area contributed by atoms with Crippen molar-refractivity contribution in [2.75, 3.05) is 20.1 Å². The number of fused-ring (bicyclic) bond motifs is 1. The minimum atomic E-state index is -3.63. The smallest absolute Gasteiger partial charge is 0.270 e. The Hall–Kier alpha value is -2.98. The van der Waals surface area contributed by atoms with Crippen LogP contribution in [-0.2, 0) is 23.1 Å². The summed E-state index contributed by atoms with van der Waals surface area (Å²) in [5, 5.41) is 2.76. The second kappa shape index (κ2) is 9.15. The molecule has 2 aromatic rings. The van der Waals surface area contributed by atoms with Gasteiger partial charge in [-0.05, 0) is 58.2 Å². The lowest BCUT2D eigenvalue weighted by atomic mass is 10.1. The number of rotatable bonds is 7. The molecule has 0 atom stereocenters. The van der Waals surface area contributed by atoms with Crippen molar-refractivity contribution < 1.29 is 18.0 Å². The Bertz CT molecular complexity index is 1350. The van der Waals surface area contributed by atoms with Crippen molar-refractivity contribution in [3.63, 3.8) is 0 Å². The number of amides is 2. The maximum Gasteiger partial charge on any atom is 0.270 e. The van der Waals surface area contributed by atoms with E-state index >= 15 is 0 Å². The van der Waals surface area contributed by atoms with Gasteiger partial charge in [-0.2, -0.15) is 4.31 Å². The summed E-state index contributed by atoms with van der Waals surface area (Å²) in [5.41, 5.74) is 1.07. The van der Waals surface area contributed by atoms with Gasteiger partial charge in [0.05, 0.1) is 0 Å². The van der Waals surface area contributed by atoms with E-state index in [1.165, 1.54) is 25.9 Å². The van der Waals surface area contributed by atoms with Crippen molar-refractivity contribution >= 4 is 21.8 Å². The van der Waals surface area contributed by atoms with Gasteiger partial charge in [0.15, 0.2) is 0 Å². The molecule has 0 unspecified atom stereocenters. The summed E-state index contributed by atoms with van der Waals surface area (Å²) >= 11 is 0. The van der Waals surface area contributed by atoms with E-state index in [2.05, 4.69) is 5.32 Å². The summed E-state index contributed by atoms with van der Waals surface area (Å²) in [6, 6.07) is 10.6. The second-order valence-corrected chi connectivity index (χ2v) is 13.2. The first-order chi connectivity index (χ1) is 16.8. The van der Waals surface area contributed by atoms with E-state index in [1.807, 2.05) is 52.0 Å².